The van der Waals surface area contributed by atoms with Gasteiger partial charge in [-0.05, 0) is 33.6 Å². The molecule has 0 N–H and O–H groups in total. The van der Waals surface area contributed by atoms with Gasteiger partial charge in [0.25, 0.3) is 0 Å². The Balaban J connectivity index is 0. The zero-order chi connectivity index (χ0) is 16.7. The van der Waals surface area contributed by atoms with Crippen molar-refractivity contribution in [2.45, 2.75) is 53.2 Å². The number of hydrogen-bond acceptors (Lipinski definition) is 6. The van der Waals surface area contributed by atoms with Gasteiger partial charge in [-0.1, -0.05) is 18.4 Å². The largest absolute Gasteiger partial charge is 0.531 e. The molecule has 0 aliphatic carbocycles. The summed E-state index contributed by atoms with van der Waals surface area (Å²) in [6.07, 6.45) is 1.84. The van der Waals surface area contributed by atoms with E-state index in [4.69, 9.17) is 28.1 Å². The molecule has 0 aromatic heterocycles. The maximum absolute atomic E-state index is 8.87. The van der Waals surface area contributed by atoms with Crippen LogP contribution in [0.15, 0.2) is 0 Å². The number of nitrogens with zero attached hydrogens (tertiary/aromatic N) is 1. The van der Waals surface area contributed by atoms with Crippen LogP contribution in [0.5, 0.6) is 0 Å². The first-order chi connectivity index (χ1) is 9.93. The predicted molar refractivity (Wildman–Crippen MR) is 87.9 cm³/mol. The van der Waals surface area contributed by atoms with E-state index in [1.807, 2.05) is 20.8 Å². The Hall–Kier alpha value is -0.326. The molecule has 0 saturated carbocycles. The van der Waals surface area contributed by atoms with Crippen LogP contribution < -0.4 is 0 Å². The van der Waals surface area contributed by atoms with E-state index < -0.39 is 8.80 Å². The molecule has 0 bridgehead atoms. The van der Waals surface area contributed by atoms with E-state index in [9.17, 15) is 0 Å². The van der Waals surface area contributed by atoms with Crippen LogP contribution in [-0.4, -0.2) is 56.0 Å². The number of nitro groups is 1. The highest BCUT2D eigenvalue weighted by molar-refractivity contribution is 6.62. The van der Waals surface area contributed by atoms with Crippen molar-refractivity contribution in [3.8, 4) is 0 Å². The molecule has 0 aliphatic heterocycles. The molecule has 0 heterocycles. The minimum absolute atomic E-state index is 0.0534. The molecular weight excluding hydrogens is 310 g/mol. The van der Waals surface area contributed by atoms with Crippen LogP contribution in [0.3, 0.4) is 0 Å². The van der Waals surface area contributed by atoms with Crippen molar-refractivity contribution in [3.63, 3.8) is 0 Å². The van der Waals surface area contributed by atoms with E-state index in [2.05, 4.69) is 13.8 Å². The molecule has 7 nitrogen and oxygen atoms in total. The Labute approximate surface area is 132 Å². The van der Waals surface area contributed by atoms with Gasteiger partial charge >= 0.3 is 19.2 Å². The van der Waals surface area contributed by atoms with Crippen molar-refractivity contribution < 1.29 is 22.6 Å². The van der Waals surface area contributed by atoms with Gasteiger partial charge in [-0.2, -0.15) is 0 Å². The van der Waals surface area contributed by atoms with Gasteiger partial charge in [-0.3, -0.25) is 10.1 Å². The summed E-state index contributed by atoms with van der Waals surface area (Å²) < 4.78 is 23.0. The van der Waals surface area contributed by atoms with Crippen LogP contribution in [0.4, 0.5) is 0 Å². The van der Waals surface area contributed by atoms with Crippen LogP contribution in [0.25, 0.3) is 0 Å². The summed E-state index contributed by atoms with van der Waals surface area (Å²) in [5.41, 5.74) is -0.0534. The summed E-state index contributed by atoms with van der Waals surface area (Å²) in [5, 5.41) is 8.87. The molecule has 0 rings (SSSR count). The van der Waals surface area contributed by atoms with Gasteiger partial charge in [0.15, 0.2) is 0 Å². The van der Waals surface area contributed by atoms with Crippen molar-refractivity contribution in [2.24, 2.45) is 0 Å². The zero-order valence-electron chi connectivity index (χ0n) is 14.2. The minimum atomic E-state index is -2.68. The van der Waals surface area contributed by atoms with Crippen molar-refractivity contribution in [1.82, 2.24) is 0 Å². The van der Waals surface area contributed by atoms with Crippen LogP contribution in [0, 0.1) is 10.1 Å². The smallest absolute Gasteiger partial charge is 0.374 e. The van der Waals surface area contributed by atoms with Crippen LogP contribution >= 0.6 is 0 Å². The van der Waals surface area contributed by atoms with Gasteiger partial charge in [0.2, 0.25) is 0 Å². The van der Waals surface area contributed by atoms with E-state index >= 15 is 0 Å². The molecule has 0 saturated heterocycles. The van der Waals surface area contributed by atoms with Crippen molar-refractivity contribution in [2.75, 3.05) is 26.4 Å². The molecule has 9 heteroatoms. The average Bonchev–Trinajstić information content (AvgIpc) is 2.40. The van der Waals surface area contributed by atoms with Gasteiger partial charge in [0.1, 0.15) is 5.73 Å². The molecular formula is C12H31NO6Si2. The maximum atomic E-state index is 8.87. The Bertz CT molecular complexity index is 237. The molecule has 1 unspecified atom stereocenters. The predicted octanol–water partition coefficient (Wildman–Crippen LogP) is 1.32. The Morgan fingerprint density at radius 1 is 1.05 bits per heavy atom. The van der Waals surface area contributed by atoms with Crippen LogP contribution in [-0.2, 0) is 18.0 Å². The van der Waals surface area contributed by atoms with Crippen molar-refractivity contribution >= 4 is 19.2 Å². The molecule has 0 spiro atoms. The van der Waals surface area contributed by atoms with Crippen molar-refractivity contribution in [1.29, 1.82) is 0 Å². The topological polar surface area (TPSA) is 80.1 Å². The van der Waals surface area contributed by atoms with Crippen LogP contribution in [0.2, 0.25) is 0 Å². The van der Waals surface area contributed by atoms with Crippen LogP contribution in [0.1, 0.15) is 47.5 Å². The van der Waals surface area contributed by atoms with E-state index in [0.717, 1.165) is 19.4 Å². The van der Waals surface area contributed by atoms with E-state index in [0.29, 0.717) is 19.8 Å². The molecule has 1 atom stereocenters. The summed E-state index contributed by atoms with van der Waals surface area (Å²) in [7, 11) is -2.61. The first-order valence-electron chi connectivity index (χ1n) is 7.55. The second kappa shape index (κ2) is 14.6. The van der Waals surface area contributed by atoms with Gasteiger partial charge in [-0.15, -0.1) is 0 Å². The lowest BCUT2D eigenvalue weighted by atomic mass is 10.5. The molecule has 0 radical (unpaired) electrons. The second-order valence-electron chi connectivity index (χ2n) is 4.11. The average molecular weight is 342 g/mol. The first kappa shape index (κ1) is 22.9. The third-order valence-electron chi connectivity index (χ3n) is 2.32. The van der Waals surface area contributed by atoms with E-state index in [-0.39, 0.29) is 20.7 Å². The lowest BCUT2D eigenvalue weighted by molar-refractivity contribution is -0.312. The molecule has 0 amide bonds. The van der Waals surface area contributed by atoms with Gasteiger partial charge in [0.05, 0.1) is 0 Å². The maximum Gasteiger partial charge on any atom is 0.531 e. The zero-order valence-corrected chi connectivity index (χ0v) is 17.2. The van der Waals surface area contributed by atoms with Gasteiger partial charge in [0, 0.05) is 26.4 Å². The molecule has 0 aliphatic rings. The summed E-state index contributed by atoms with van der Waals surface area (Å²) in [6, 6.07) is 0. The Morgan fingerprint density at radius 3 is 1.67 bits per heavy atom. The highest BCUT2D eigenvalue weighted by Crippen LogP contribution is 2.20. The highest BCUT2D eigenvalue weighted by Gasteiger charge is 2.49. The Morgan fingerprint density at radius 2 is 1.43 bits per heavy atom. The fourth-order valence-electron chi connectivity index (χ4n) is 1.74. The number of hydrogen-bond donors (Lipinski definition) is 0. The monoisotopic (exact) mass is 341 g/mol. The Kier molecular flexibility index (Phi) is 16.0. The summed E-state index contributed by atoms with van der Waals surface area (Å²) in [6.45, 7) is 12.6. The van der Waals surface area contributed by atoms with Crippen molar-refractivity contribution in [3.05, 3.63) is 10.1 Å². The standard InChI is InChI=1S/C12H28O4Si.H3NO2Si/c1-6-11-13-12(7-2)17(14-8-3,15-9-4)16-10-5;2-1(3)4/h12H,6-11H2,1-5H3;4H3. The lowest BCUT2D eigenvalue weighted by Crippen LogP contribution is -2.57. The molecule has 0 aromatic carbocycles. The number of ether oxygens (including phenoxy) is 1. The normalized spacial score (nSPS) is 12.6. The highest BCUT2D eigenvalue weighted by atomic mass is 28.4. The molecule has 0 aromatic rings. The minimum Gasteiger partial charge on any atom is -0.374 e. The van der Waals surface area contributed by atoms with Gasteiger partial charge in [-0.25, -0.2) is 0 Å². The lowest BCUT2D eigenvalue weighted by Gasteiger charge is -2.34. The first-order valence-corrected chi connectivity index (χ1v) is 10.2. The third kappa shape index (κ3) is 11.0. The van der Waals surface area contributed by atoms with E-state index in [1.165, 1.54) is 0 Å². The van der Waals surface area contributed by atoms with Gasteiger partial charge < -0.3 is 18.0 Å². The SMILES string of the molecule is CCCOC(CC)[Si](OCC)(OCC)OCC.O=[N+]([O-])[SiH3]. The summed E-state index contributed by atoms with van der Waals surface area (Å²) >= 11 is 0. The summed E-state index contributed by atoms with van der Waals surface area (Å²) in [4.78, 5) is 8.87. The third-order valence-corrected chi connectivity index (χ3v) is 5.76. The molecule has 128 valence electrons. The fourth-order valence-corrected chi connectivity index (χ4v) is 4.57. The fraction of sp³-hybridized carbons (Fsp3) is 1.00. The molecule has 0 fully saturated rings. The van der Waals surface area contributed by atoms with E-state index in [1.54, 1.807) is 0 Å². The quantitative estimate of drug-likeness (QED) is 0.320. The second-order valence-corrected chi connectivity index (χ2v) is 7.56. The summed E-state index contributed by atoms with van der Waals surface area (Å²) in [5.74, 6) is 0. The number of rotatable bonds is 11. The molecule has 21 heavy (non-hydrogen) atoms.